The van der Waals surface area contributed by atoms with Crippen LogP contribution in [0, 0.1) is 0 Å². The maximum atomic E-state index is 11.5. The van der Waals surface area contributed by atoms with Crippen molar-refractivity contribution in [3.63, 3.8) is 0 Å². The molecule has 4 nitrogen and oxygen atoms in total. The Morgan fingerprint density at radius 1 is 1.29 bits per heavy atom. The summed E-state index contributed by atoms with van der Waals surface area (Å²) in [7, 11) is 1.75. The molecule has 1 unspecified atom stereocenters. The van der Waals surface area contributed by atoms with Crippen molar-refractivity contribution in [2.45, 2.75) is 24.8 Å². The van der Waals surface area contributed by atoms with Gasteiger partial charge in [0.15, 0.2) is 0 Å². The molecule has 2 aliphatic rings. The van der Waals surface area contributed by atoms with Crippen molar-refractivity contribution in [3.8, 4) is 0 Å². The summed E-state index contributed by atoms with van der Waals surface area (Å²) < 4.78 is 0. The van der Waals surface area contributed by atoms with Gasteiger partial charge in [-0.1, -0.05) is 24.3 Å². The van der Waals surface area contributed by atoms with Crippen molar-refractivity contribution in [2.75, 3.05) is 7.05 Å². The van der Waals surface area contributed by atoms with E-state index in [0.717, 1.165) is 5.56 Å². The summed E-state index contributed by atoms with van der Waals surface area (Å²) in [6.07, 6.45) is 2.47. The number of carbonyl (C=O) groups is 1. The number of urea groups is 1. The van der Waals surface area contributed by atoms with Crippen LogP contribution >= 0.6 is 0 Å². The van der Waals surface area contributed by atoms with Gasteiger partial charge in [0.25, 0.3) is 0 Å². The molecule has 0 bridgehead atoms. The first-order valence-electron chi connectivity index (χ1n) is 5.88. The molecule has 3 rings (SSSR count). The number of benzene rings is 1. The van der Waals surface area contributed by atoms with Gasteiger partial charge in [-0.3, -0.25) is 0 Å². The number of amides is 2. The molecule has 17 heavy (non-hydrogen) atoms. The lowest BCUT2D eigenvalue weighted by atomic mass is 9.96. The van der Waals surface area contributed by atoms with E-state index < -0.39 is 0 Å². The van der Waals surface area contributed by atoms with Crippen molar-refractivity contribution in [3.05, 3.63) is 35.4 Å². The Labute approximate surface area is 100 Å². The summed E-state index contributed by atoms with van der Waals surface area (Å²) >= 11 is 0. The van der Waals surface area contributed by atoms with Crippen LogP contribution in [0.1, 0.15) is 35.9 Å². The summed E-state index contributed by atoms with van der Waals surface area (Å²) in [5.41, 5.74) is 8.31. The van der Waals surface area contributed by atoms with Crippen LogP contribution in [-0.2, 0) is 0 Å². The van der Waals surface area contributed by atoms with Gasteiger partial charge in [-0.25, -0.2) is 4.79 Å². The number of aliphatic imine (C=N–C) groups is 1. The van der Waals surface area contributed by atoms with E-state index in [2.05, 4.69) is 17.1 Å². The number of nitrogens with two attached hydrogens (primary N) is 1. The number of hydrogen-bond acceptors (Lipinski definition) is 2. The lowest BCUT2D eigenvalue weighted by Crippen LogP contribution is -2.30. The fourth-order valence-electron chi connectivity index (χ4n) is 2.45. The molecule has 1 aromatic carbocycles. The number of carbonyl (C=O) groups excluding carboxylic acids is 1. The maximum Gasteiger partial charge on any atom is 0.345 e. The molecule has 1 aromatic rings. The number of rotatable bonds is 2. The quantitative estimate of drug-likeness (QED) is 0.843. The Kier molecular flexibility index (Phi) is 2.18. The predicted octanol–water partition coefficient (Wildman–Crippen LogP) is 2.03. The smallest absolute Gasteiger partial charge is 0.345 e. The molecule has 0 radical (unpaired) electrons. The van der Waals surface area contributed by atoms with Crippen molar-refractivity contribution in [1.29, 1.82) is 0 Å². The Bertz CT molecular complexity index is 505. The normalized spacial score (nSPS) is 24.1. The van der Waals surface area contributed by atoms with E-state index in [0.29, 0.717) is 11.8 Å². The third-order valence-corrected chi connectivity index (χ3v) is 3.50. The Hall–Kier alpha value is -1.84. The molecule has 88 valence electrons. The Balaban J connectivity index is 2.04. The fourth-order valence-corrected chi connectivity index (χ4v) is 2.45. The number of nitrogens with zero attached hydrogens (tertiary/aromatic N) is 2. The molecule has 0 aromatic heterocycles. The fraction of sp³-hybridized carbons (Fsp3) is 0.385. The molecule has 0 spiro atoms. The van der Waals surface area contributed by atoms with Crippen molar-refractivity contribution in [2.24, 2.45) is 10.7 Å². The van der Waals surface area contributed by atoms with Gasteiger partial charge in [0, 0.05) is 7.05 Å². The third kappa shape index (κ3) is 1.60. The van der Waals surface area contributed by atoms with Gasteiger partial charge in [-0.2, -0.15) is 4.99 Å². The molecule has 1 atom stereocenters. The molecule has 4 heteroatoms. The second kappa shape index (κ2) is 3.58. The zero-order valence-electron chi connectivity index (χ0n) is 9.76. The minimum absolute atomic E-state index is 0.181. The molecule has 1 aliphatic carbocycles. The molecular weight excluding hydrogens is 214 g/mol. The molecule has 1 heterocycles. The van der Waals surface area contributed by atoms with Gasteiger partial charge in [0.1, 0.15) is 11.9 Å². The van der Waals surface area contributed by atoms with Crippen LogP contribution in [0.3, 0.4) is 0 Å². The molecule has 1 saturated carbocycles. The van der Waals surface area contributed by atoms with Crippen LogP contribution in [0.4, 0.5) is 4.79 Å². The van der Waals surface area contributed by atoms with E-state index in [1.165, 1.54) is 18.4 Å². The average molecular weight is 229 g/mol. The van der Waals surface area contributed by atoms with Gasteiger partial charge < -0.3 is 10.6 Å². The highest BCUT2D eigenvalue weighted by molar-refractivity contribution is 6.03. The van der Waals surface area contributed by atoms with Gasteiger partial charge in [0.05, 0.1) is 0 Å². The van der Waals surface area contributed by atoms with Gasteiger partial charge in [-0.15, -0.1) is 0 Å². The Morgan fingerprint density at radius 3 is 2.47 bits per heavy atom. The van der Waals surface area contributed by atoms with Gasteiger partial charge >= 0.3 is 6.03 Å². The lowest BCUT2D eigenvalue weighted by Gasteiger charge is -2.22. The first-order valence-corrected chi connectivity index (χ1v) is 5.88. The largest absolute Gasteiger partial charge is 0.385 e. The van der Waals surface area contributed by atoms with E-state index in [4.69, 9.17) is 5.73 Å². The van der Waals surface area contributed by atoms with Crippen molar-refractivity contribution in [1.82, 2.24) is 4.90 Å². The SMILES string of the molecule is CN1C(=O)N=C(N)C1c1ccccc1C1CC1. The molecular formula is C13H15N3O. The summed E-state index contributed by atoms with van der Waals surface area (Å²) in [6.45, 7) is 0. The Morgan fingerprint density at radius 2 is 1.94 bits per heavy atom. The van der Waals surface area contributed by atoms with Gasteiger partial charge in [0.2, 0.25) is 0 Å². The summed E-state index contributed by atoms with van der Waals surface area (Å²) in [5.74, 6) is 1.05. The highest BCUT2D eigenvalue weighted by atomic mass is 16.2. The predicted molar refractivity (Wildman–Crippen MR) is 65.9 cm³/mol. The highest BCUT2D eigenvalue weighted by Crippen LogP contribution is 2.44. The zero-order valence-corrected chi connectivity index (χ0v) is 9.76. The highest BCUT2D eigenvalue weighted by Gasteiger charge is 2.35. The molecule has 2 amide bonds. The number of hydrogen-bond donors (Lipinski definition) is 1. The van der Waals surface area contributed by atoms with E-state index >= 15 is 0 Å². The van der Waals surface area contributed by atoms with Crippen LogP contribution < -0.4 is 5.73 Å². The number of amidine groups is 1. The number of likely N-dealkylation sites (N-methyl/N-ethyl adjacent to an activating group) is 1. The van der Waals surface area contributed by atoms with Crippen LogP contribution in [0.25, 0.3) is 0 Å². The minimum atomic E-state index is -0.252. The standard InChI is InChI=1S/C13H15N3O/c1-16-11(12(14)15-13(16)17)10-5-3-2-4-9(10)8-6-7-8/h2-5,8,11H,6-7H2,1H3,(H2,14,15,17). The topological polar surface area (TPSA) is 58.7 Å². The van der Waals surface area contributed by atoms with Crippen molar-refractivity contribution < 1.29 is 4.79 Å². The summed E-state index contributed by atoms with van der Waals surface area (Å²) in [5, 5.41) is 0. The monoisotopic (exact) mass is 229 g/mol. The van der Waals surface area contributed by atoms with E-state index in [1.54, 1.807) is 11.9 Å². The first kappa shape index (κ1) is 10.3. The van der Waals surface area contributed by atoms with Crippen LogP contribution in [0.2, 0.25) is 0 Å². The summed E-state index contributed by atoms with van der Waals surface area (Å²) in [4.78, 5) is 17.0. The zero-order chi connectivity index (χ0) is 12.0. The molecule has 0 saturated heterocycles. The molecule has 2 N–H and O–H groups in total. The van der Waals surface area contributed by atoms with Crippen LogP contribution in [0.5, 0.6) is 0 Å². The average Bonchev–Trinajstić information content (AvgIpc) is 3.10. The summed E-state index contributed by atoms with van der Waals surface area (Å²) in [6, 6.07) is 7.79. The first-order chi connectivity index (χ1) is 8.18. The van der Waals surface area contributed by atoms with E-state index in [1.807, 2.05) is 12.1 Å². The van der Waals surface area contributed by atoms with E-state index in [9.17, 15) is 4.79 Å². The van der Waals surface area contributed by atoms with E-state index in [-0.39, 0.29) is 12.1 Å². The molecule has 1 aliphatic heterocycles. The van der Waals surface area contributed by atoms with Gasteiger partial charge in [-0.05, 0) is 29.9 Å². The minimum Gasteiger partial charge on any atom is -0.385 e. The van der Waals surface area contributed by atoms with Crippen molar-refractivity contribution >= 4 is 11.9 Å². The molecule has 1 fully saturated rings. The maximum absolute atomic E-state index is 11.5. The van der Waals surface area contributed by atoms with Crippen LogP contribution in [0.15, 0.2) is 29.3 Å². The van der Waals surface area contributed by atoms with Crippen LogP contribution in [-0.4, -0.2) is 23.8 Å². The lowest BCUT2D eigenvalue weighted by molar-refractivity contribution is 0.218. The second-order valence-electron chi connectivity index (χ2n) is 4.74. The third-order valence-electron chi connectivity index (χ3n) is 3.50. The second-order valence-corrected chi connectivity index (χ2v) is 4.74.